The SMILES string of the molecule is Cc1nn(C)c(C)c1/C=C1\C[C@@H]2[C@H]3CC[C@H]4C[C@@H](O)CC[C@]4(C)[C@@H]3CC[C@]2(C)[C@@H]1O. The van der Waals surface area contributed by atoms with Crippen LogP contribution in [0.1, 0.15) is 82.2 Å². The van der Waals surface area contributed by atoms with Crippen LogP contribution < -0.4 is 0 Å². The Morgan fingerprint density at radius 2 is 1.73 bits per heavy atom. The van der Waals surface area contributed by atoms with Gasteiger partial charge in [0.15, 0.2) is 0 Å². The van der Waals surface area contributed by atoms with Gasteiger partial charge in [0.1, 0.15) is 0 Å². The summed E-state index contributed by atoms with van der Waals surface area (Å²) >= 11 is 0. The number of aryl methyl sites for hydroxylation is 2. The largest absolute Gasteiger partial charge is 0.393 e. The van der Waals surface area contributed by atoms with Gasteiger partial charge < -0.3 is 10.2 Å². The van der Waals surface area contributed by atoms with Crippen molar-refractivity contribution >= 4 is 6.08 Å². The number of hydrogen-bond acceptors (Lipinski definition) is 3. The zero-order valence-corrected chi connectivity index (χ0v) is 19.5. The highest BCUT2D eigenvalue weighted by atomic mass is 16.3. The van der Waals surface area contributed by atoms with Gasteiger partial charge >= 0.3 is 0 Å². The molecular formula is C26H40N2O2. The van der Waals surface area contributed by atoms with Crippen molar-refractivity contribution in [2.75, 3.05) is 0 Å². The lowest BCUT2D eigenvalue weighted by atomic mass is 9.45. The summed E-state index contributed by atoms with van der Waals surface area (Å²) in [6.07, 6.45) is 11.0. The molecule has 8 atom stereocenters. The molecule has 1 aromatic heterocycles. The van der Waals surface area contributed by atoms with E-state index in [0.29, 0.717) is 17.3 Å². The number of aromatic nitrogens is 2. The monoisotopic (exact) mass is 412 g/mol. The molecule has 4 aliphatic carbocycles. The fourth-order valence-corrected chi connectivity index (χ4v) is 8.42. The quantitative estimate of drug-likeness (QED) is 0.697. The Morgan fingerprint density at radius 3 is 2.43 bits per heavy atom. The molecule has 1 heterocycles. The summed E-state index contributed by atoms with van der Waals surface area (Å²) in [6.45, 7) is 9.10. The Morgan fingerprint density at radius 1 is 1.00 bits per heavy atom. The van der Waals surface area contributed by atoms with Crippen LogP contribution in [0.2, 0.25) is 0 Å². The van der Waals surface area contributed by atoms with Crippen LogP contribution >= 0.6 is 0 Å². The number of hydrogen-bond donors (Lipinski definition) is 2. The predicted molar refractivity (Wildman–Crippen MR) is 120 cm³/mol. The van der Waals surface area contributed by atoms with E-state index in [-0.39, 0.29) is 17.6 Å². The van der Waals surface area contributed by atoms with Crippen molar-refractivity contribution in [3.63, 3.8) is 0 Å². The van der Waals surface area contributed by atoms with E-state index >= 15 is 0 Å². The first-order valence-corrected chi connectivity index (χ1v) is 12.2. The van der Waals surface area contributed by atoms with Crippen molar-refractivity contribution in [3.8, 4) is 0 Å². The molecule has 4 nitrogen and oxygen atoms in total. The van der Waals surface area contributed by atoms with E-state index in [2.05, 4.69) is 38.9 Å². The molecule has 0 radical (unpaired) electrons. The summed E-state index contributed by atoms with van der Waals surface area (Å²) in [5, 5.41) is 26.3. The maximum Gasteiger partial charge on any atom is 0.0809 e. The second-order valence-electron chi connectivity index (χ2n) is 11.7. The van der Waals surface area contributed by atoms with Crippen LogP contribution in [-0.2, 0) is 7.05 Å². The Bertz CT molecular complexity index is 873. The average molecular weight is 413 g/mol. The number of aliphatic hydroxyl groups is 2. The van der Waals surface area contributed by atoms with Crippen LogP contribution in [0.15, 0.2) is 5.57 Å². The first kappa shape index (κ1) is 20.8. The maximum atomic E-state index is 11.5. The first-order valence-electron chi connectivity index (χ1n) is 12.2. The Labute approximate surface area is 181 Å². The molecule has 166 valence electrons. The van der Waals surface area contributed by atoms with Crippen molar-refractivity contribution in [2.24, 2.45) is 41.5 Å². The minimum atomic E-state index is -0.332. The number of nitrogens with zero attached hydrogens (tertiary/aromatic N) is 2. The highest BCUT2D eigenvalue weighted by molar-refractivity contribution is 5.59. The zero-order valence-electron chi connectivity index (χ0n) is 19.5. The molecule has 30 heavy (non-hydrogen) atoms. The van der Waals surface area contributed by atoms with Gasteiger partial charge in [-0.15, -0.1) is 0 Å². The molecule has 4 aliphatic rings. The Hall–Kier alpha value is -1.13. The highest BCUT2D eigenvalue weighted by Crippen LogP contribution is 2.67. The van der Waals surface area contributed by atoms with Gasteiger partial charge in [-0.05, 0) is 106 Å². The molecule has 4 heteroatoms. The predicted octanol–water partition coefficient (Wildman–Crippen LogP) is 4.79. The number of fused-ring (bicyclic) bond motifs is 5. The summed E-state index contributed by atoms with van der Waals surface area (Å²) in [5.41, 5.74) is 5.06. The summed E-state index contributed by atoms with van der Waals surface area (Å²) in [5.74, 6) is 2.75. The zero-order chi connectivity index (χ0) is 21.4. The van der Waals surface area contributed by atoms with Crippen molar-refractivity contribution in [3.05, 3.63) is 22.5 Å². The smallest absolute Gasteiger partial charge is 0.0809 e. The second kappa shape index (κ2) is 6.93. The molecule has 1 aromatic rings. The molecule has 0 bridgehead atoms. The van der Waals surface area contributed by atoms with Crippen molar-refractivity contribution in [1.29, 1.82) is 0 Å². The van der Waals surface area contributed by atoms with Crippen LogP contribution in [0.5, 0.6) is 0 Å². The molecule has 4 fully saturated rings. The van der Waals surface area contributed by atoms with Gasteiger partial charge in [0, 0.05) is 23.7 Å². The molecule has 2 N–H and O–H groups in total. The van der Waals surface area contributed by atoms with E-state index < -0.39 is 0 Å². The Balaban J connectivity index is 1.46. The second-order valence-corrected chi connectivity index (χ2v) is 11.7. The lowest BCUT2D eigenvalue weighted by Gasteiger charge is -2.60. The van der Waals surface area contributed by atoms with Gasteiger partial charge in [-0.25, -0.2) is 0 Å². The van der Waals surface area contributed by atoms with Crippen LogP contribution in [0, 0.1) is 48.3 Å². The van der Waals surface area contributed by atoms with Gasteiger partial charge in [-0.1, -0.05) is 13.8 Å². The normalized spacial score (nSPS) is 47.1. The molecule has 5 rings (SSSR count). The molecule has 0 unspecified atom stereocenters. The summed E-state index contributed by atoms with van der Waals surface area (Å²) in [4.78, 5) is 0. The molecule has 4 saturated carbocycles. The third-order valence-electron chi connectivity index (χ3n) is 10.4. The van der Waals surface area contributed by atoms with Crippen molar-refractivity contribution < 1.29 is 10.2 Å². The fourth-order valence-electron chi connectivity index (χ4n) is 8.42. The average Bonchev–Trinajstić information content (AvgIpc) is 3.10. The number of aliphatic hydroxyl groups excluding tert-OH is 2. The van der Waals surface area contributed by atoms with E-state index in [1.807, 2.05) is 11.7 Å². The maximum absolute atomic E-state index is 11.5. The van der Waals surface area contributed by atoms with E-state index in [9.17, 15) is 10.2 Å². The van der Waals surface area contributed by atoms with Crippen molar-refractivity contribution in [1.82, 2.24) is 9.78 Å². The third-order valence-corrected chi connectivity index (χ3v) is 10.4. The van der Waals surface area contributed by atoms with Crippen molar-refractivity contribution in [2.45, 2.75) is 91.3 Å². The van der Waals surface area contributed by atoms with Crippen LogP contribution in [-0.4, -0.2) is 32.2 Å². The summed E-state index contributed by atoms with van der Waals surface area (Å²) < 4.78 is 1.95. The van der Waals surface area contributed by atoms with Gasteiger partial charge in [-0.3, -0.25) is 4.68 Å². The van der Waals surface area contributed by atoms with E-state index in [1.165, 1.54) is 42.5 Å². The molecule has 0 saturated heterocycles. The minimum absolute atomic E-state index is 0.00833. The van der Waals surface area contributed by atoms with Gasteiger partial charge in [0.05, 0.1) is 17.9 Å². The summed E-state index contributed by atoms with van der Waals surface area (Å²) in [6, 6.07) is 0. The topological polar surface area (TPSA) is 58.3 Å². The lowest BCUT2D eigenvalue weighted by molar-refractivity contribution is -0.133. The first-order chi connectivity index (χ1) is 14.1. The number of rotatable bonds is 1. The van der Waals surface area contributed by atoms with E-state index in [4.69, 9.17) is 0 Å². The lowest BCUT2D eigenvalue weighted by Crippen LogP contribution is -2.54. The standard InChI is InChI=1S/C26H40N2O2/c1-15-21(16(2)28(5)27-15)12-17-13-23-20-7-6-18-14-19(29)8-10-25(18,3)22(20)9-11-26(23,4)24(17)30/h12,18-20,22-24,29-30H,6-11,13-14H2,1-5H3/b17-12+/t18-,19-,20-,22+,23+,24+,25-,26-/m0/s1. The third kappa shape index (κ3) is 2.82. The molecular weight excluding hydrogens is 372 g/mol. The van der Waals surface area contributed by atoms with Gasteiger partial charge in [0.2, 0.25) is 0 Å². The highest BCUT2D eigenvalue weighted by Gasteiger charge is 2.61. The molecule has 0 amide bonds. The molecule has 0 aliphatic heterocycles. The van der Waals surface area contributed by atoms with E-state index in [0.717, 1.165) is 43.2 Å². The molecule has 0 aromatic carbocycles. The van der Waals surface area contributed by atoms with Crippen LogP contribution in [0.4, 0.5) is 0 Å². The van der Waals surface area contributed by atoms with Gasteiger partial charge in [0.25, 0.3) is 0 Å². The van der Waals surface area contributed by atoms with Gasteiger partial charge in [-0.2, -0.15) is 5.10 Å². The van der Waals surface area contributed by atoms with Crippen LogP contribution in [0.3, 0.4) is 0 Å². The summed E-state index contributed by atoms with van der Waals surface area (Å²) in [7, 11) is 2.00. The Kier molecular flexibility index (Phi) is 4.80. The van der Waals surface area contributed by atoms with E-state index in [1.54, 1.807) is 0 Å². The molecule has 0 spiro atoms. The fraction of sp³-hybridized carbons (Fsp3) is 0.808. The minimum Gasteiger partial charge on any atom is -0.393 e. The van der Waals surface area contributed by atoms with Crippen LogP contribution in [0.25, 0.3) is 6.08 Å².